The minimum Gasteiger partial charge on any atom is -0.347 e. The Kier molecular flexibility index (Phi) is 5.95. The maximum atomic E-state index is 13.1. The van der Waals surface area contributed by atoms with E-state index in [4.69, 9.17) is 0 Å². The van der Waals surface area contributed by atoms with E-state index in [0.717, 1.165) is 22.4 Å². The summed E-state index contributed by atoms with van der Waals surface area (Å²) in [5.41, 5.74) is 3.07. The first kappa shape index (κ1) is 21.4. The number of hydrogen-bond donors (Lipinski definition) is 1. The second-order valence-electron chi connectivity index (χ2n) is 8.50. The molecule has 2 atom stereocenters. The number of anilines is 2. The van der Waals surface area contributed by atoms with Crippen LogP contribution in [0.3, 0.4) is 0 Å². The van der Waals surface area contributed by atoms with Gasteiger partial charge in [0.25, 0.3) is 5.91 Å². The van der Waals surface area contributed by atoms with Crippen molar-refractivity contribution in [1.82, 2.24) is 15.3 Å². The van der Waals surface area contributed by atoms with Gasteiger partial charge in [-0.3, -0.25) is 19.5 Å². The second kappa shape index (κ2) is 8.35. The Bertz CT molecular complexity index is 963. The molecule has 0 radical (unpaired) electrons. The standard InChI is InChI=1S/C22H29N4O2PS/c1-4-16-19(20(28)24-17-7-10-22(17)8-5-6-9-22)25-21(30-16)26(14(3)27)15-11-13(2)23-18(29)12-15/h11-12,17H,4-10,29H2,1-3H3,(H,24,28). The van der Waals surface area contributed by atoms with Crippen molar-refractivity contribution in [3.8, 4) is 0 Å². The monoisotopic (exact) mass is 444 g/mol. The molecule has 2 heterocycles. The van der Waals surface area contributed by atoms with E-state index >= 15 is 0 Å². The highest BCUT2D eigenvalue weighted by Crippen LogP contribution is 2.53. The molecule has 0 aliphatic heterocycles. The van der Waals surface area contributed by atoms with Crippen molar-refractivity contribution in [3.63, 3.8) is 0 Å². The van der Waals surface area contributed by atoms with Crippen molar-refractivity contribution in [2.75, 3.05) is 4.90 Å². The first-order valence-corrected chi connectivity index (χ1v) is 12.1. The van der Waals surface area contributed by atoms with Gasteiger partial charge < -0.3 is 5.32 Å². The third kappa shape index (κ3) is 3.90. The maximum absolute atomic E-state index is 13.1. The summed E-state index contributed by atoms with van der Waals surface area (Å²) < 4.78 is 0. The number of aromatic nitrogens is 2. The molecule has 2 amide bonds. The lowest BCUT2D eigenvalue weighted by atomic mass is 9.63. The van der Waals surface area contributed by atoms with Gasteiger partial charge in [-0.05, 0) is 56.6 Å². The number of aryl methyl sites for hydroxylation is 2. The van der Waals surface area contributed by atoms with Crippen LogP contribution in [0.2, 0.25) is 0 Å². The number of pyridine rings is 1. The van der Waals surface area contributed by atoms with E-state index in [1.807, 2.05) is 26.0 Å². The number of rotatable bonds is 5. The molecule has 2 fully saturated rings. The summed E-state index contributed by atoms with van der Waals surface area (Å²) in [4.78, 5) is 37.1. The molecular formula is C22H29N4O2PS. The number of thiazole rings is 1. The zero-order chi connectivity index (χ0) is 21.5. The number of carbonyl (C=O) groups is 2. The molecule has 2 aliphatic carbocycles. The van der Waals surface area contributed by atoms with Crippen molar-refractivity contribution in [2.45, 2.75) is 71.8 Å². The molecule has 2 unspecified atom stereocenters. The maximum Gasteiger partial charge on any atom is 0.271 e. The Morgan fingerprint density at radius 3 is 2.57 bits per heavy atom. The fourth-order valence-electron chi connectivity index (χ4n) is 4.91. The van der Waals surface area contributed by atoms with Crippen molar-refractivity contribution in [2.24, 2.45) is 5.41 Å². The van der Waals surface area contributed by atoms with E-state index in [1.165, 1.54) is 50.4 Å². The minimum absolute atomic E-state index is 0.105. The molecule has 1 spiro atoms. The van der Waals surface area contributed by atoms with E-state index < -0.39 is 0 Å². The van der Waals surface area contributed by atoms with Gasteiger partial charge in [0.2, 0.25) is 5.91 Å². The van der Waals surface area contributed by atoms with Gasteiger partial charge in [0.15, 0.2) is 5.13 Å². The third-order valence-corrected chi connectivity index (χ3v) is 8.00. The first-order chi connectivity index (χ1) is 14.3. The largest absolute Gasteiger partial charge is 0.347 e. The molecule has 0 aromatic carbocycles. The van der Waals surface area contributed by atoms with Crippen LogP contribution in [0.5, 0.6) is 0 Å². The van der Waals surface area contributed by atoms with Crippen molar-refractivity contribution < 1.29 is 9.59 Å². The lowest BCUT2D eigenvalue weighted by Crippen LogP contribution is -2.54. The summed E-state index contributed by atoms with van der Waals surface area (Å²) in [6.07, 6.45) is 7.95. The average molecular weight is 445 g/mol. The van der Waals surface area contributed by atoms with Crippen molar-refractivity contribution in [1.29, 1.82) is 0 Å². The van der Waals surface area contributed by atoms with E-state index in [-0.39, 0.29) is 17.9 Å². The second-order valence-corrected chi connectivity index (χ2v) is 10.2. The van der Waals surface area contributed by atoms with Crippen LogP contribution in [0.4, 0.5) is 10.8 Å². The van der Waals surface area contributed by atoms with Gasteiger partial charge >= 0.3 is 0 Å². The smallest absolute Gasteiger partial charge is 0.271 e. The quantitative estimate of drug-likeness (QED) is 0.706. The lowest BCUT2D eigenvalue weighted by molar-refractivity contribution is -0.115. The molecule has 4 rings (SSSR count). The predicted molar refractivity (Wildman–Crippen MR) is 124 cm³/mol. The molecule has 8 heteroatoms. The van der Waals surface area contributed by atoms with Crippen LogP contribution >= 0.6 is 20.6 Å². The summed E-state index contributed by atoms with van der Waals surface area (Å²) in [5, 5.41) is 3.80. The number of nitrogens with zero attached hydrogens (tertiary/aromatic N) is 3. The Morgan fingerprint density at radius 1 is 1.27 bits per heavy atom. The summed E-state index contributed by atoms with van der Waals surface area (Å²) >= 11 is 1.41. The van der Waals surface area contributed by atoms with Crippen LogP contribution < -0.4 is 15.7 Å². The Balaban J connectivity index is 1.62. The van der Waals surface area contributed by atoms with Gasteiger partial charge in [0.05, 0.1) is 11.1 Å². The summed E-state index contributed by atoms with van der Waals surface area (Å²) in [7, 11) is 2.57. The fourth-order valence-corrected chi connectivity index (χ4v) is 6.35. The highest BCUT2D eigenvalue weighted by atomic mass is 32.1. The van der Waals surface area contributed by atoms with Crippen molar-refractivity contribution >= 4 is 48.6 Å². The Hall–Kier alpha value is -1.85. The van der Waals surface area contributed by atoms with E-state index in [9.17, 15) is 9.59 Å². The molecule has 6 nitrogen and oxygen atoms in total. The zero-order valence-electron chi connectivity index (χ0n) is 17.8. The molecule has 0 bridgehead atoms. The molecule has 30 heavy (non-hydrogen) atoms. The van der Waals surface area contributed by atoms with Gasteiger partial charge in [0, 0.05) is 23.5 Å². The van der Waals surface area contributed by atoms with Gasteiger partial charge in [0.1, 0.15) is 5.69 Å². The lowest BCUT2D eigenvalue weighted by Gasteiger charge is -2.47. The van der Waals surface area contributed by atoms with Crippen LogP contribution in [0, 0.1) is 12.3 Å². The molecule has 160 valence electrons. The molecule has 1 N–H and O–H groups in total. The van der Waals surface area contributed by atoms with Crippen LogP contribution in [-0.2, 0) is 11.2 Å². The topological polar surface area (TPSA) is 75.2 Å². The van der Waals surface area contributed by atoms with E-state index in [0.29, 0.717) is 28.3 Å². The number of carbonyl (C=O) groups excluding carboxylic acids is 2. The van der Waals surface area contributed by atoms with Gasteiger partial charge in [-0.2, -0.15) is 0 Å². The van der Waals surface area contributed by atoms with E-state index in [1.54, 1.807) is 4.90 Å². The normalized spacial score (nSPS) is 19.5. The van der Waals surface area contributed by atoms with Crippen LogP contribution in [0.1, 0.15) is 73.4 Å². The van der Waals surface area contributed by atoms with Crippen LogP contribution in [-0.4, -0.2) is 27.8 Å². The number of amides is 2. The van der Waals surface area contributed by atoms with Crippen LogP contribution in [0.15, 0.2) is 12.1 Å². The summed E-state index contributed by atoms with van der Waals surface area (Å²) in [6, 6.07) is 3.96. The minimum atomic E-state index is -0.141. The Labute approximate surface area is 184 Å². The van der Waals surface area contributed by atoms with Gasteiger partial charge in [-0.25, -0.2) is 4.98 Å². The summed E-state index contributed by atoms with van der Waals surface area (Å²) in [6.45, 7) is 5.43. The molecule has 2 aromatic heterocycles. The predicted octanol–water partition coefficient (Wildman–Crippen LogP) is 4.05. The molecule has 2 saturated carbocycles. The van der Waals surface area contributed by atoms with Gasteiger partial charge in [-0.15, -0.1) is 11.3 Å². The molecular weight excluding hydrogens is 415 g/mol. The number of hydrogen-bond acceptors (Lipinski definition) is 5. The first-order valence-electron chi connectivity index (χ1n) is 10.7. The summed E-state index contributed by atoms with van der Waals surface area (Å²) in [5.74, 6) is -0.247. The zero-order valence-corrected chi connectivity index (χ0v) is 19.8. The Morgan fingerprint density at radius 2 is 2.00 bits per heavy atom. The number of nitrogens with one attached hydrogen (secondary N) is 1. The SMILES string of the molecule is CCc1sc(N(C(C)=O)c2cc(C)nc(P)c2)nc1C(=O)NC1CCC12CCCC2. The highest BCUT2D eigenvalue weighted by Gasteiger charge is 2.48. The third-order valence-electron chi connectivity index (χ3n) is 6.52. The molecule has 0 saturated heterocycles. The van der Waals surface area contributed by atoms with Crippen LogP contribution in [0.25, 0.3) is 0 Å². The fraction of sp³-hybridized carbons (Fsp3) is 0.545. The molecule has 2 aromatic rings. The van der Waals surface area contributed by atoms with Crippen molar-refractivity contribution in [3.05, 3.63) is 28.4 Å². The van der Waals surface area contributed by atoms with E-state index in [2.05, 4.69) is 24.5 Å². The highest BCUT2D eigenvalue weighted by molar-refractivity contribution is 7.26. The average Bonchev–Trinajstić information content (AvgIpc) is 3.33. The van der Waals surface area contributed by atoms with Gasteiger partial charge in [-0.1, -0.05) is 29.0 Å². The molecule has 2 aliphatic rings.